The summed E-state index contributed by atoms with van der Waals surface area (Å²) in [6.45, 7) is 4.48. The van der Waals surface area contributed by atoms with Crippen molar-refractivity contribution in [2.75, 3.05) is 31.1 Å². The first-order valence-electron chi connectivity index (χ1n) is 6.92. The molecule has 19 heavy (non-hydrogen) atoms. The van der Waals surface area contributed by atoms with Crippen molar-refractivity contribution >= 4 is 11.8 Å². The Kier molecular flexibility index (Phi) is 3.38. The molecule has 102 valence electrons. The minimum Gasteiger partial charge on any atom is -0.478 e. The smallest absolute Gasteiger partial charge is 0.337 e. The number of rotatable bonds is 3. The van der Waals surface area contributed by atoms with Gasteiger partial charge in [0.1, 0.15) is 5.82 Å². The lowest BCUT2D eigenvalue weighted by Crippen LogP contribution is -2.35. The van der Waals surface area contributed by atoms with Gasteiger partial charge < -0.3 is 10.0 Å². The highest BCUT2D eigenvalue weighted by atomic mass is 16.4. The van der Waals surface area contributed by atoms with Gasteiger partial charge in [0.2, 0.25) is 0 Å². The van der Waals surface area contributed by atoms with Gasteiger partial charge in [-0.1, -0.05) is 0 Å². The number of aromatic carboxylic acids is 1. The first kappa shape index (κ1) is 12.4. The van der Waals surface area contributed by atoms with Crippen LogP contribution in [0.3, 0.4) is 0 Å². The van der Waals surface area contributed by atoms with Crippen molar-refractivity contribution in [3.63, 3.8) is 0 Å². The van der Waals surface area contributed by atoms with Gasteiger partial charge in [0.25, 0.3) is 0 Å². The Balaban J connectivity index is 1.65. The SMILES string of the molecule is O=C(O)c1ccc(N2CCC(N3CCCC3)C2)nc1. The molecule has 0 spiro atoms. The van der Waals surface area contributed by atoms with Crippen molar-refractivity contribution in [1.29, 1.82) is 0 Å². The fraction of sp³-hybridized carbons (Fsp3) is 0.571. The van der Waals surface area contributed by atoms with Crippen molar-refractivity contribution in [2.45, 2.75) is 25.3 Å². The molecule has 2 saturated heterocycles. The lowest BCUT2D eigenvalue weighted by molar-refractivity contribution is 0.0696. The molecule has 0 radical (unpaired) electrons. The summed E-state index contributed by atoms with van der Waals surface area (Å²) in [5, 5.41) is 8.87. The van der Waals surface area contributed by atoms with E-state index in [1.807, 2.05) is 6.07 Å². The van der Waals surface area contributed by atoms with Crippen LogP contribution < -0.4 is 4.90 Å². The zero-order chi connectivity index (χ0) is 13.2. The molecule has 2 aliphatic rings. The van der Waals surface area contributed by atoms with Gasteiger partial charge in [-0.3, -0.25) is 4.90 Å². The average Bonchev–Trinajstić information content (AvgIpc) is 3.10. The summed E-state index contributed by atoms with van der Waals surface area (Å²) in [6, 6.07) is 4.09. The van der Waals surface area contributed by atoms with Crippen molar-refractivity contribution in [3.05, 3.63) is 23.9 Å². The molecule has 0 aromatic carbocycles. The lowest BCUT2D eigenvalue weighted by Gasteiger charge is -2.24. The molecular weight excluding hydrogens is 242 g/mol. The zero-order valence-corrected chi connectivity index (χ0v) is 11.0. The van der Waals surface area contributed by atoms with Crippen LogP contribution in [-0.2, 0) is 0 Å². The molecule has 5 nitrogen and oxygen atoms in total. The van der Waals surface area contributed by atoms with Gasteiger partial charge in [0.15, 0.2) is 0 Å². The van der Waals surface area contributed by atoms with Gasteiger partial charge in [-0.2, -0.15) is 0 Å². The van der Waals surface area contributed by atoms with Gasteiger partial charge in [-0.15, -0.1) is 0 Å². The fourth-order valence-corrected chi connectivity index (χ4v) is 3.05. The molecule has 0 amide bonds. The summed E-state index contributed by atoms with van der Waals surface area (Å²) in [6.07, 6.45) is 5.27. The predicted octanol–water partition coefficient (Wildman–Crippen LogP) is 1.45. The molecule has 0 bridgehead atoms. The number of hydrogen-bond donors (Lipinski definition) is 1. The summed E-state index contributed by atoms with van der Waals surface area (Å²) in [5.41, 5.74) is 0.249. The second-order valence-corrected chi connectivity index (χ2v) is 5.34. The van der Waals surface area contributed by atoms with Gasteiger partial charge in [-0.25, -0.2) is 9.78 Å². The minimum absolute atomic E-state index is 0.249. The van der Waals surface area contributed by atoms with E-state index in [1.165, 1.54) is 38.5 Å². The molecule has 1 atom stereocenters. The van der Waals surface area contributed by atoms with Crippen LogP contribution in [0.1, 0.15) is 29.6 Å². The third-order valence-corrected chi connectivity index (χ3v) is 4.14. The number of hydrogen-bond acceptors (Lipinski definition) is 4. The molecule has 1 aromatic heterocycles. The van der Waals surface area contributed by atoms with Crippen LogP contribution in [0.2, 0.25) is 0 Å². The van der Waals surface area contributed by atoms with E-state index in [2.05, 4.69) is 14.8 Å². The summed E-state index contributed by atoms with van der Waals surface area (Å²) >= 11 is 0. The van der Waals surface area contributed by atoms with Crippen molar-refractivity contribution < 1.29 is 9.90 Å². The third-order valence-electron chi connectivity index (χ3n) is 4.14. The standard InChI is InChI=1S/C14H19N3O2/c18-14(19)11-3-4-13(15-9-11)17-8-5-12(10-17)16-6-1-2-7-16/h3-4,9,12H,1-2,5-8,10H2,(H,18,19). The number of anilines is 1. The van der Waals surface area contributed by atoms with Crippen LogP contribution >= 0.6 is 0 Å². The lowest BCUT2D eigenvalue weighted by atomic mass is 10.2. The topological polar surface area (TPSA) is 56.7 Å². The first-order chi connectivity index (χ1) is 9.24. The Bertz CT molecular complexity index is 454. The Morgan fingerprint density at radius 1 is 1.26 bits per heavy atom. The van der Waals surface area contributed by atoms with Crippen LogP contribution in [0.25, 0.3) is 0 Å². The van der Waals surface area contributed by atoms with Gasteiger partial charge >= 0.3 is 5.97 Å². The Morgan fingerprint density at radius 2 is 2.05 bits per heavy atom. The number of nitrogens with zero attached hydrogens (tertiary/aromatic N) is 3. The highest BCUT2D eigenvalue weighted by Crippen LogP contribution is 2.24. The normalized spacial score (nSPS) is 24.0. The highest BCUT2D eigenvalue weighted by Gasteiger charge is 2.29. The van der Waals surface area contributed by atoms with E-state index in [9.17, 15) is 4.79 Å². The second kappa shape index (κ2) is 5.17. The Labute approximate surface area is 112 Å². The van der Waals surface area contributed by atoms with Crippen molar-refractivity contribution in [1.82, 2.24) is 9.88 Å². The number of carboxylic acid groups (broad SMARTS) is 1. The predicted molar refractivity (Wildman–Crippen MR) is 72.6 cm³/mol. The largest absolute Gasteiger partial charge is 0.478 e. The van der Waals surface area contributed by atoms with E-state index < -0.39 is 5.97 Å². The molecule has 3 heterocycles. The Hall–Kier alpha value is -1.62. The molecule has 0 aliphatic carbocycles. The average molecular weight is 261 g/mol. The summed E-state index contributed by atoms with van der Waals surface area (Å²) < 4.78 is 0. The third kappa shape index (κ3) is 2.56. The number of pyridine rings is 1. The number of likely N-dealkylation sites (tertiary alicyclic amines) is 1. The van der Waals surface area contributed by atoms with Gasteiger partial charge in [-0.05, 0) is 44.5 Å². The van der Waals surface area contributed by atoms with E-state index in [-0.39, 0.29) is 5.56 Å². The van der Waals surface area contributed by atoms with Crippen molar-refractivity contribution in [3.8, 4) is 0 Å². The molecule has 3 rings (SSSR count). The molecule has 1 aromatic rings. The highest BCUT2D eigenvalue weighted by molar-refractivity contribution is 5.87. The van der Waals surface area contributed by atoms with Crippen LogP contribution in [0.5, 0.6) is 0 Å². The number of carboxylic acids is 1. The summed E-state index contributed by atoms with van der Waals surface area (Å²) in [4.78, 5) is 19.9. The van der Waals surface area contributed by atoms with E-state index in [1.54, 1.807) is 6.07 Å². The number of aromatic nitrogens is 1. The van der Waals surface area contributed by atoms with Crippen LogP contribution in [0.4, 0.5) is 5.82 Å². The van der Waals surface area contributed by atoms with E-state index in [0.29, 0.717) is 6.04 Å². The van der Waals surface area contributed by atoms with Gasteiger partial charge in [0, 0.05) is 25.3 Å². The van der Waals surface area contributed by atoms with Crippen LogP contribution in [-0.4, -0.2) is 53.2 Å². The maximum atomic E-state index is 10.8. The van der Waals surface area contributed by atoms with E-state index in [0.717, 1.165) is 18.9 Å². The van der Waals surface area contributed by atoms with Crippen LogP contribution in [0.15, 0.2) is 18.3 Å². The van der Waals surface area contributed by atoms with E-state index in [4.69, 9.17) is 5.11 Å². The minimum atomic E-state index is -0.921. The molecular formula is C14H19N3O2. The molecule has 0 saturated carbocycles. The van der Waals surface area contributed by atoms with Crippen molar-refractivity contribution in [2.24, 2.45) is 0 Å². The monoisotopic (exact) mass is 261 g/mol. The summed E-state index contributed by atoms with van der Waals surface area (Å²) in [5.74, 6) is -0.0258. The molecule has 1 unspecified atom stereocenters. The maximum absolute atomic E-state index is 10.8. The summed E-state index contributed by atoms with van der Waals surface area (Å²) in [7, 11) is 0. The quantitative estimate of drug-likeness (QED) is 0.892. The maximum Gasteiger partial charge on any atom is 0.337 e. The number of carbonyl (C=O) groups is 1. The second-order valence-electron chi connectivity index (χ2n) is 5.34. The molecule has 1 N–H and O–H groups in total. The molecule has 2 aliphatic heterocycles. The Morgan fingerprint density at radius 3 is 2.68 bits per heavy atom. The van der Waals surface area contributed by atoms with E-state index >= 15 is 0 Å². The fourth-order valence-electron chi connectivity index (χ4n) is 3.05. The zero-order valence-electron chi connectivity index (χ0n) is 11.0. The van der Waals surface area contributed by atoms with Gasteiger partial charge in [0.05, 0.1) is 5.56 Å². The molecule has 2 fully saturated rings. The van der Waals surface area contributed by atoms with Crippen LogP contribution in [0, 0.1) is 0 Å². The molecule has 5 heteroatoms. The first-order valence-corrected chi connectivity index (χ1v) is 6.92.